The molecule has 0 bridgehead atoms. The van der Waals surface area contributed by atoms with E-state index in [1.54, 1.807) is 13.8 Å². The Morgan fingerprint density at radius 3 is 2.43 bits per heavy atom. The molecule has 1 aromatic carbocycles. The van der Waals surface area contributed by atoms with E-state index >= 15 is 0 Å². The molecule has 9 heteroatoms. The third-order valence-corrected chi connectivity index (χ3v) is 4.97. The van der Waals surface area contributed by atoms with Crippen LogP contribution in [0.4, 0.5) is 10.1 Å². The first-order valence-corrected chi connectivity index (χ1v) is 7.75. The zero-order valence-corrected chi connectivity index (χ0v) is 12.3. The van der Waals surface area contributed by atoms with Crippen molar-refractivity contribution in [1.29, 1.82) is 0 Å². The lowest BCUT2D eigenvalue weighted by Gasteiger charge is -2.34. The second-order valence-electron chi connectivity index (χ2n) is 4.95. The van der Waals surface area contributed by atoms with E-state index in [0.29, 0.717) is 0 Å². The Bertz CT molecular complexity index is 654. The summed E-state index contributed by atoms with van der Waals surface area (Å²) >= 11 is 0. The van der Waals surface area contributed by atoms with Gasteiger partial charge in [-0.15, -0.1) is 0 Å². The Hall–Kier alpha value is -1.58. The third kappa shape index (κ3) is 3.20. The van der Waals surface area contributed by atoms with Crippen LogP contribution in [-0.2, 0) is 14.8 Å². The Kier molecular flexibility index (Phi) is 4.26. The fourth-order valence-corrected chi connectivity index (χ4v) is 3.88. The van der Waals surface area contributed by atoms with Gasteiger partial charge in [-0.05, 0) is 26.0 Å². The van der Waals surface area contributed by atoms with Gasteiger partial charge in [0.1, 0.15) is 0 Å². The fourth-order valence-electron chi connectivity index (χ4n) is 2.27. The number of morpholine rings is 1. The Labute approximate surface area is 121 Å². The van der Waals surface area contributed by atoms with Gasteiger partial charge < -0.3 is 4.74 Å². The number of sulfonamides is 1. The molecule has 2 atom stereocenters. The van der Waals surface area contributed by atoms with Gasteiger partial charge in [0.25, 0.3) is 0 Å². The molecule has 0 aliphatic carbocycles. The van der Waals surface area contributed by atoms with E-state index in [1.807, 2.05) is 0 Å². The molecule has 0 saturated carbocycles. The van der Waals surface area contributed by atoms with Gasteiger partial charge >= 0.3 is 5.69 Å². The number of hydrogen-bond donors (Lipinski definition) is 0. The predicted molar refractivity (Wildman–Crippen MR) is 71.8 cm³/mol. The summed E-state index contributed by atoms with van der Waals surface area (Å²) in [6, 6.07) is 2.57. The summed E-state index contributed by atoms with van der Waals surface area (Å²) in [6.07, 6.45) is -0.557. The summed E-state index contributed by atoms with van der Waals surface area (Å²) in [4.78, 5) is 9.48. The number of rotatable bonds is 3. The number of nitro benzene ring substituents is 1. The predicted octanol–water partition coefficient (Wildman–Crippen LogP) is 1.53. The molecule has 0 radical (unpaired) electrons. The number of nitro groups is 1. The molecule has 7 nitrogen and oxygen atoms in total. The van der Waals surface area contributed by atoms with E-state index in [2.05, 4.69) is 0 Å². The van der Waals surface area contributed by atoms with Gasteiger partial charge in [-0.3, -0.25) is 10.1 Å². The number of benzene rings is 1. The molecule has 2 rings (SSSR count). The molecule has 1 fully saturated rings. The lowest BCUT2D eigenvalue weighted by molar-refractivity contribution is -0.387. The van der Waals surface area contributed by atoms with Crippen LogP contribution in [0.2, 0.25) is 0 Å². The standard InChI is InChI=1S/C12H15FN2O5S/c1-8-6-14(7-9(2)20-8)21(18,19)10-3-4-11(13)12(5-10)15(16)17/h3-5,8-9H,6-7H2,1-2H3/t8-,9-/m0/s1. The first-order valence-electron chi connectivity index (χ1n) is 6.31. The molecule has 1 aromatic rings. The van der Waals surface area contributed by atoms with E-state index < -0.39 is 26.5 Å². The molecular formula is C12H15FN2O5S. The maximum absolute atomic E-state index is 13.3. The lowest BCUT2D eigenvalue weighted by atomic mass is 10.3. The van der Waals surface area contributed by atoms with Crippen LogP contribution < -0.4 is 0 Å². The molecule has 1 heterocycles. The average molecular weight is 318 g/mol. The largest absolute Gasteiger partial charge is 0.373 e. The van der Waals surface area contributed by atoms with Crippen molar-refractivity contribution in [2.45, 2.75) is 31.0 Å². The van der Waals surface area contributed by atoms with Gasteiger partial charge in [-0.2, -0.15) is 8.70 Å². The van der Waals surface area contributed by atoms with Gasteiger partial charge in [0.15, 0.2) is 0 Å². The Balaban J connectivity index is 2.40. The zero-order valence-electron chi connectivity index (χ0n) is 11.5. The molecule has 1 saturated heterocycles. The number of ether oxygens (including phenoxy) is 1. The first-order chi connectivity index (χ1) is 9.71. The second kappa shape index (κ2) is 5.66. The van der Waals surface area contributed by atoms with E-state index in [-0.39, 0.29) is 30.2 Å². The molecule has 116 valence electrons. The van der Waals surface area contributed by atoms with Crippen molar-refractivity contribution in [2.24, 2.45) is 0 Å². The van der Waals surface area contributed by atoms with Crippen LogP contribution in [0.5, 0.6) is 0 Å². The van der Waals surface area contributed by atoms with Gasteiger partial charge in [-0.1, -0.05) is 0 Å². The highest BCUT2D eigenvalue weighted by molar-refractivity contribution is 7.89. The van der Waals surface area contributed by atoms with Crippen molar-refractivity contribution in [3.8, 4) is 0 Å². The smallest absolute Gasteiger partial charge is 0.306 e. The van der Waals surface area contributed by atoms with Gasteiger partial charge in [0, 0.05) is 19.2 Å². The summed E-state index contributed by atoms with van der Waals surface area (Å²) in [5, 5.41) is 10.7. The van der Waals surface area contributed by atoms with Crippen LogP contribution in [0.25, 0.3) is 0 Å². The quantitative estimate of drug-likeness (QED) is 0.623. The summed E-state index contributed by atoms with van der Waals surface area (Å²) in [7, 11) is -3.92. The van der Waals surface area contributed by atoms with Gasteiger partial charge in [0.05, 0.1) is 22.0 Å². The normalized spacial score (nSPS) is 24.0. The summed E-state index contributed by atoms with van der Waals surface area (Å²) < 4.78 is 44.9. The van der Waals surface area contributed by atoms with Crippen molar-refractivity contribution < 1.29 is 22.5 Å². The van der Waals surface area contributed by atoms with E-state index in [1.165, 1.54) is 4.31 Å². The van der Waals surface area contributed by atoms with E-state index in [9.17, 15) is 22.9 Å². The molecule has 0 aromatic heterocycles. The highest BCUT2D eigenvalue weighted by Gasteiger charge is 2.33. The zero-order chi connectivity index (χ0) is 15.8. The monoisotopic (exact) mass is 318 g/mol. The minimum atomic E-state index is -3.92. The number of nitrogens with zero attached hydrogens (tertiary/aromatic N) is 2. The van der Waals surface area contributed by atoms with Gasteiger partial charge in [0.2, 0.25) is 15.8 Å². The summed E-state index contributed by atoms with van der Waals surface area (Å²) in [5.41, 5.74) is -0.856. The second-order valence-corrected chi connectivity index (χ2v) is 6.89. The molecule has 0 N–H and O–H groups in total. The topological polar surface area (TPSA) is 89.8 Å². The SMILES string of the molecule is C[C@H]1CN(S(=O)(=O)c2ccc(F)c([N+](=O)[O-])c2)C[C@H](C)O1. The van der Waals surface area contributed by atoms with Crippen molar-refractivity contribution in [3.05, 3.63) is 34.1 Å². The van der Waals surface area contributed by atoms with Crippen LogP contribution in [0, 0.1) is 15.9 Å². The maximum Gasteiger partial charge on any atom is 0.306 e. The number of hydrogen-bond acceptors (Lipinski definition) is 5. The Morgan fingerprint density at radius 1 is 1.33 bits per heavy atom. The lowest BCUT2D eigenvalue weighted by Crippen LogP contribution is -2.48. The molecule has 1 aliphatic rings. The van der Waals surface area contributed by atoms with Crippen LogP contribution in [0.1, 0.15) is 13.8 Å². The molecule has 0 spiro atoms. The average Bonchev–Trinajstić information content (AvgIpc) is 2.37. The first kappa shape index (κ1) is 15.8. The van der Waals surface area contributed by atoms with Crippen molar-refractivity contribution in [1.82, 2.24) is 4.31 Å². The number of halogens is 1. The highest BCUT2D eigenvalue weighted by atomic mass is 32.2. The van der Waals surface area contributed by atoms with Crippen molar-refractivity contribution in [2.75, 3.05) is 13.1 Å². The van der Waals surface area contributed by atoms with Crippen molar-refractivity contribution in [3.63, 3.8) is 0 Å². The molecule has 1 aliphatic heterocycles. The maximum atomic E-state index is 13.3. The molecule has 0 unspecified atom stereocenters. The molecule has 21 heavy (non-hydrogen) atoms. The van der Waals surface area contributed by atoms with Crippen LogP contribution in [-0.4, -0.2) is 42.9 Å². The molecule has 0 amide bonds. The third-order valence-electron chi connectivity index (χ3n) is 3.14. The van der Waals surface area contributed by atoms with Crippen LogP contribution >= 0.6 is 0 Å². The van der Waals surface area contributed by atoms with E-state index in [4.69, 9.17) is 4.74 Å². The summed E-state index contributed by atoms with van der Waals surface area (Å²) in [6.45, 7) is 3.78. The van der Waals surface area contributed by atoms with Gasteiger partial charge in [-0.25, -0.2) is 8.42 Å². The minimum Gasteiger partial charge on any atom is -0.373 e. The molecular weight excluding hydrogens is 303 g/mol. The van der Waals surface area contributed by atoms with Crippen LogP contribution in [0.3, 0.4) is 0 Å². The fraction of sp³-hybridized carbons (Fsp3) is 0.500. The minimum absolute atomic E-state index is 0.151. The van der Waals surface area contributed by atoms with Crippen LogP contribution in [0.15, 0.2) is 23.1 Å². The highest BCUT2D eigenvalue weighted by Crippen LogP contribution is 2.26. The van der Waals surface area contributed by atoms with Crippen molar-refractivity contribution >= 4 is 15.7 Å². The Morgan fingerprint density at radius 2 is 1.90 bits per heavy atom. The summed E-state index contributed by atoms with van der Waals surface area (Å²) in [5.74, 6) is -1.07. The van der Waals surface area contributed by atoms with E-state index in [0.717, 1.165) is 18.2 Å².